The zero-order valence-electron chi connectivity index (χ0n) is 13.6. The van der Waals surface area contributed by atoms with Crippen molar-refractivity contribution in [2.75, 3.05) is 6.54 Å². The molecule has 1 atom stereocenters. The molecule has 21 heavy (non-hydrogen) atoms. The second kappa shape index (κ2) is 7.24. The summed E-state index contributed by atoms with van der Waals surface area (Å²) < 4.78 is 0. The molecule has 0 bridgehead atoms. The van der Waals surface area contributed by atoms with Gasteiger partial charge in [0.15, 0.2) is 0 Å². The van der Waals surface area contributed by atoms with E-state index in [4.69, 9.17) is 0 Å². The summed E-state index contributed by atoms with van der Waals surface area (Å²) in [6, 6.07) is 15.8. The molecule has 0 spiro atoms. The molecule has 1 nitrogen and oxygen atoms in total. The number of nitrogens with one attached hydrogen (secondary N) is 1. The molecule has 0 fully saturated rings. The molecule has 0 aliphatic rings. The van der Waals surface area contributed by atoms with Gasteiger partial charge in [-0.15, -0.1) is 11.3 Å². The summed E-state index contributed by atoms with van der Waals surface area (Å²) in [5.41, 5.74) is 1.47. The van der Waals surface area contributed by atoms with Crippen LogP contribution in [0.3, 0.4) is 0 Å². The lowest BCUT2D eigenvalue weighted by Gasteiger charge is -2.35. The van der Waals surface area contributed by atoms with Crippen LogP contribution in [-0.2, 0) is 11.8 Å². The van der Waals surface area contributed by atoms with E-state index in [1.807, 2.05) is 11.3 Å². The average Bonchev–Trinajstić information content (AvgIpc) is 2.97. The van der Waals surface area contributed by atoms with Crippen LogP contribution < -0.4 is 5.32 Å². The highest BCUT2D eigenvalue weighted by molar-refractivity contribution is 7.12. The Kier molecular flexibility index (Phi) is 5.60. The Morgan fingerprint density at radius 2 is 1.76 bits per heavy atom. The monoisotopic (exact) mass is 301 g/mol. The quantitative estimate of drug-likeness (QED) is 0.729. The molecule has 0 radical (unpaired) electrons. The van der Waals surface area contributed by atoms with Crippen molar-refractivity contribution in [2.24, 2.45) is 0 Å². The molecule has 0 saturated carbocycles. The van der Waals surface area contributed by atoms with Gasteiger partial charge in [0.25, 0.3) is 0 Å². The van der Waals surface area contributed by atoms with Crippen LogP contribution in [0.1, 0.15) is 55.5 Å². The summed E-state index contributed by atoms with van der Waals surface area (Å²) in [4.78, 5) is 2.92. The number of rotatable bonds is 7. The summed E-state index contributed by atoms with van der Waals surface area (Å²) in [5.74, 6) is 0. The highest BCUT2D eigenvalue weighted by atomic mass is 32.1. The average molecular weight is 301 g/mol. The van der Waals surface area contributed by atoms with Crippen molar-refractivity contribution in [1.29, 1.82) is 0 Å². The van der Waals surface area contributed by atoms with Crippen LogP contribution >= 0.6 is 11.3 Å². The minimum Gasteiger partial charge on any atom is -0.309 e. The molecule has 2 heteroatoms. The van der Waals surface area contributed by atoms with Gasteiger partial charge in [0, 0.05) is 15.2 Å². The van der Waals surface area contributed by atoms with E-state index in [0.717, 1.165) is 19.4 Å². The van der Waals surface area contributed by atoms with E-state index in [2.05, 4.69) is 75.5 Å². The van der Waals surface area contributed by atoms with Crippen molar-refractivity contribution in [2.45, 2.75) is 52.0 Å². The summed E-state index contributed by atoms with van der Waals surface area (Å²) in [7, 11) is 0. The fraction of sp³-hybridized carbons (Fsp3) is 0.474. The smallest absolute Gasteiger partial charge is 0.0507 e. The lowest BCUT2D eigenvalue weighted by Crippen LogP contribution is -2.37. The molecule has 2 rings (SSSR count). The first-order valence-corrected chi connectivity index (χ1v) is 8.78. The van der Waals surface area contributed by atoms with Crippen molar-refractivity contribution in [3.8, 4) is 0 Å². The van der Waals surface area contributed by atoms with Gasteiger partial charge in [-0.05, 0) is 37.1 Å². The van der Waals surface area contributed by atoms with Crippen LogP contribution in [0.25, 0.3) is 0 Å². The highest BCUT2D eigenvalue weighted by Crippen LogP contribution is 2.39. The highest BCUT2D eigenvalue weighted by Gasteiger charge is 2.32. The molecule has 2 aromatic rings. The maximum absolute atomic E-state index is 3.77. The van der Waals surface area contributed by atoms with Crippen LogP contribution in [-0.4, -0.2) is 6.54 Å². The maximum atomic E-state index is 3.77. The third-order valence-electron chi connectivity index (χ3n) is 4.15. The Balaban J connectivity index is 2.34. The topological polar surface area (TPSA) is 12.0 Å². The first-order valence-electron chi connectivity index (χ1n) is 7.97. The van der Waals surface area contributed by atoms with E-state index in [0.29, 0.717) is 6.04 Å². The van der Waals surface area contributed by atoms with Crippen LogP contribution in [0.5, 0.6) is 0 Å². The number of thiophene rings is 1. The molecule has 1 unspecified atom stereocenters. The van der Waals surface area contributed by atoms with Gasteiger partial charge in [-0.1, -0.05) is 58.0 Å². The van der Waals surface area contributed by atoms with Gasteiger partial charge in [-0.25, -0.2) is 0 Å². The van der Waals surface area contributed by atoms with Gasteiger partial charge < -0.3 is 5.32 Å². The molecule has 0 saturated heterocycles. The standard InChI is InChI=1S/C19H27NS/c1-5-14-20-18(17-13-12-16(6-2)21-17)19(3,4)15-10-8-7-9-11-15/h7-13,18,20H,5-6,14H2,1-4H3. The molecule has 0 amide bonds. The molecular weight excluding hydrogens is 274 g/mol. The van der Waals surface area contributed by atoms with Crippen molar-refractivity contribution in [3.05, 3.63) is 57.8 Å². The molecule has 0 aliphatic heterocycles. The molecule has 1 heterocycles. The van der Waals surface area contributed by atoms with Crippen LogP contribution in [0.15, 0.2) is 42.5 Å². The van der Waals surface area contributed by atoms with Crippen molar-refractivity contribution in [3.63, 3.8) is 0 Å². The van der Waals surface area contributed by atoms with Gasteiger partial charge in [-0.3, -0.25) is 0 Å². The fourth-order valence-corrected chi connectivity index (χ4v) is 3.99. The largest absolute Gasteiger partial charge is 0.309 e. The SMILES string of the molecule is CCCNC(c1ccc(CC)s1)C(C)(C)c1ccccc1. The first-order chi connectivity index (χ1) is 10.1. The van der Waals surface area contributed by atoms with E-state index in [1.54, 1.807) is 0 Å². The summed E-state index contributed by atoms with van der Waals surface area (Å²) in [6.07, 6.45) is 2.28. The minimum atomic E-state index is 0.0757. The molecule has 1 aromatic heterocycles. The van der Waals surface area contributed by atoms with E-state index in [9.17, 15) is 0 Å². The van der Waals surface area contributed by atoms with E-state index in [1.165, 1.54) is 15.3 Å². The molecule has 114 valence electrons. The molecule has 1 aromatic carbocycles. The number of hydrogen-bond acceptors (Lipinski definition) is 2. The van der Waals surface area contributed by atoms with E-state index >= 15 is 0 Å². The first kappa shape index (κ1) is 16.3. The second-order valence-corrected chi connectivity index (χ2v) is 7.33. The Bertz CT molecular complexity index is 542. The van der Waals surface area contributed by atoms with Gasteiger partial charge in [0.1, 0.15) is 0 Å². The van der Waals surface area contributed by atoms with Crippen molar-refractivity contribution >= 4 is 11.3 Å². The van der Waals surface area contributed by atoms with Crippen LogP contribution in [0.2, 0.25) is 0 Å². The maximum Gasteiger partial charge on any atom is 0.0507 e. The number of benzene rings is 1. The summed E-state index contributed by atoms with van der Waals surface area (Å²) in [6.45, 7) is 10.2. The fourth-order valence-electron chi connectivity index (χ4n) is 2.77. The molecule has 0 aliphatic carbocycles. The third-order valence-corrected chi connectivity index (χ3v) is 5.45. The van der Waals surface area contributed by atoms with Gasteiger partial charge in [0.05, 0.1) is 6.04 Å². The van der Waals surface area contributed by atoms with Gasteiger partial charge >= 0.3 is 0 Å². The van der Waals surface area contributed by atoms with Crippen molar-refractivity contribution < 1.29 is 0 Å². The zero-order chi connectivity index (χ0) is 15.3. The molecular formula is C19H27NS. The second-order valence-electron chi connectivity index (χ2n) is 6.13. The zero-order valence-corrected chi connectivity index (χ0v) is 14.5. The molecule has 1 N–H and O–H groups in total. The summed E-state index contributed by atoms with van der Waals surface area (Å²) in [5, 5.41) is 3.77. The summed E-state index contributed by atoms with van der Waals surface area (Å²) >= 11 is 1.95. The van der Waals surface area contributed by atoms with Crippen LogP contribution in [0.4, 0.5) is 0 Å². The van der Waals surface area contributed by atoms with Crippen molar-refractivity contribution in [1.82, 2.24) is 5.32 Å². The minimum absolute atomic E-state index is 0.0757. The predicted molar refractivity (Wildman–Crippen MR) is 94.2 cm³/mol. The number of hydrogen-bond donors (Lipinski definition) is 1. The predicted octanol–water partition coefficient (Wildman–Crippen LogP) is 5.33. The Labute approximate surface area is 133 Å². The Hall–Kier alpha value is -1.12. The van der Waals surface area contributed by atoms with E-state index in [-0.39, 0.29) is 5.41 Å². The Morgan fingerprint density at radius 1 is 1.05 bits per heavy atom. The normalized spacial score (nSPS) is 13.3. The van der Waals surface area contributed by atoms with Gasteiger partial charge in [-0.2, -0.15) is 0 Å². The number of aryl methyl sites for hydroxylation is 1. The lowest BCUT2D eigenvalue weighted by atomic mass is 9.77. The van der Waals surface area contributed by atoms with E-state index < -0.39 is 0 Å². The third kappa shape index (κ3) is 3.75. The Morgan fingerprint density at radius 3 is 2.33 bits per heavy atom. The van der Waals surface area contributed by atoms with Gasteiger partial charge in [0.2, 0.25) is 0 Å². The lowest BCUT2D eigenvalue weighted by molar-refractivity contribution is 0.353. The van der Waals surface area contributed by atoms with Crippen LogP contribution in [0, 0.1) is 0 Å².